The fourth-order valence-electron chi connectivity index (χ4n) is 1.49. The van der Waals surface area contributed by atoms with E-state index in [0.29, 0.717) is 5.69 Å². The molecule has 5 heteroatoms. The first-order chi connectivity index (χ1) is 8.75. The van der Waals surface area contributed by atoms with Crippen LogP contribution in [0.15, 0.2) is 18.2 Å². The van der Waals surface area contributed by atoms with Gasteiger partial charge in [0.15, 0.2) is 5.75 Å². The zero-order valence-corrected chi connectivity index (χ0v) is 11.6. The molecule has 0 aliphatic rings. The number of nitrogens with one attached hydrogen (secondary N) is 1. The van der Waals surface area contributed by atoms with Crippen molar-refractivity contribution in [3.8, 4) is 18.1 Å². The molecule has 0 fully saturated rings. The minimum atomic E-state index is -0.536. The lowest BCUT2D eigenvalue weighted by Gasteiger charge is -2.21. The van der Waals surface area contributed by atoms with Gasteiger partial charge in [-0.1, -0.05) is 5.92 Å². The third kappa shape index (κ3) is 4.18. The first-order valence-electron chi connectivity index (χ1n) is 5.96. The Morgan fingerprint density at radius 3 is 2.58 bits per heavy atom. The van der Waals surface area contributed by atoms with Crippen LogP contribution in [0.25, 0.3) is 0 Å². The molecule has 19 heavy (non-hydrogen) atoms. The van der Waals surface area contributed by atoms with Gasteiger partial charge in [-0.05, 0) is 33.8 Å². The van der Waals surface area contributed by atoms with Crippen LogP contribution in [0.5, 0.6) is 5.75 Å². The molecule has 0 aliphatic carbocycles. The maximum absolute atomic E-state index is 10.9. The lowest BCUT2D eigenvalue weighted by Crippen LogP contribution is -2.28. The predicted octanol–water partition coefficient (Wildman–Crippen LogP) is 3.21. The van der Waals surface area contributed by atoms with E-state index in [2.05, 4.69) is 11.2 Å². The minimum Gasteiger partial charge on any atom is -0.484 e. The molecule has 5 nitrogen and oxygen atoms in total. The molecule has 0 saturated carbocycles. The molecule has 0 unspecified atom stereocenters. The largest absolute Gasteiger partial charge is 0.484 e. The van der Waals surface area contributed by atoms with Crippen molar-refractivity contribution in [2.24, 2.45) is 0 Å². The molecule has 0 amide bonds. The van der Waals surface area contributed by atoms with Gasteiger partial charge in [-0.3, -0.25) is 10.1 Å². The Morgan fingerprint density at radius 1 is 1.47 bits per heavy atom. The van der Waals surface area contributed by atoms with Crippen LogP contribution in [0.1, 0.15) is 27.7 Å². The number of nitro groups is 1. The van der Waals surface area contributed by atoms with E-state index in [1.54, 1.807) is 12.1 Å². The number of nitro benzene ring substituents is 1. The summed E-state index contributed by atoms with van der Waals surface area (Å²) in [5, 5.41) is 14.0. The monoisotopic (exact) mass is 262 g/mol. The average Bonchev–Trinajstić information content (AvgIpc) is 2.27. The van der Waals surface area contributed by atoms with Gasteiger partial charge in [-0.2, -0.15) is 0 Å². The van der Waals surface area contributed by atoms with Crippen molar-refractivity contribution in [2.45, 2.75) is 39.3 Å². The summed E-state index contributed by atoms with van der Waals surface area (Å²) in [6, 6.07) is 4.62. The van der Waals surface area contributed by atoms with Crippen LogP contribution in [0.3, 0.4) is 0 Å². The Kier molecular flexibility index (Phi) is 4.38. The van der Waals surface area contributed by atoms with E-state index in [-0.39, 0.29) is 17.5 Å². The van der Waals surface area contributed by atoms with Gasteiger partial charge < -0.3 is 10.1 Å². The Morgan fingerprint density at radius 2 is 2.11 bits per heavy atom. The highest BCUT2D eigenvalue weighted by Gasteiger charge is 2.19. The van der Waals surface area contributed by atoms with Crippen molar-refractivity contribution in [1.29, 1.82) is 0 Å². The Hall–Kier alpha value is -2.22. The fourth-order valence-corrected chi connectivity index (χ4v) is 1.49. The van der Waals surface area contributed by atoms with Crippen molar-refractivity contribution in [3.63, 3.8) is 0 Å². The lowest BCUT2D eigenvalue weighted by atomic mass is 10.1. The third-order valence-corrected chi connectivity index (χ3v) is 2.34. The van der Waals surface area contributed by atoms with Crippen molar-refractivity contribution >= 4 is 11.4 Å². The normalized spacial score (nSPS) is 10.9. The van der Waals surface area contributed by atoms with E-state index in [1.807, 2.05) is 27.7 Å². The van der Waals surface area contributed by atoms with Gasteiger partial charge >= 0.3 is 5.69 Å². The molecular weight excluding hydrogens is 244 g/mol. The quantitative estimate of drug-likeness (QED) is 0.502. The van der Waals surface area contributed by atoms with Crippen LogP contribution in [-0.2, 0) is 0 Å². The van der Waals surface area contributed by atoms with E-state index in [9.17, 15) is 10.1 Å². The molecule has 0 aromatic heterocycles. The second kappa shape index (κ2) is 5.61. The molecule has 0 atom stereocenters. The Balaban J connectivity index is 3.12. The molecule has 1 rings (SSSR count). The van der Waals surface area contributed by atoms with Crippen LogP contribution < -0.4 is 10.1 Å². The number of hydrogen-bond acceptors (Lipinski definition) is 4. The summed E-state index contributed by atoms with van der Waals surface area (Å²) in [6.45, 7) is 7.32. The predicted molar refractivity (Wildman–Crippen MR) is 75.4 cm³/mol. The van der Waals surface area contributed by atoms with Gasteiger partial charge in [0.05, 0.1) is 16.6 Å². The highest BCUT2D eigenvalue weighted by Crippen LogP contribution is 2.31. The highest BCUT2D eigenvalue weighted by molar-refractivity contribution is 5.59. The highest BCUT2D eigenvalue weighted by atomic mass is 16.6. The zero-order chi connectivity index (χ0) is 14.6. The van der Waals surface area contributed by atoms with Crippen LogP contribution >= 0.6 is 0 Å². The van der Waals surface area contributed by atoms with Gasteiger partial charge in [0, 0.05) is 17.8 Å². The summed E-state index contributed by atoms with van der Waals surface area (Å²) in [7, 11) is 0. The second-order valence-corrected chi connectivity index (χ2v) is 5.00. The SMILES string of the molecule is C#CC(C)(C)Nc1ccc([N+](=O)[O-])c(OC(C)C)c1. The standard InChI is InChI=1S/C14H18N2O3/c1-6-14(4,5)15-11-7-8-12(16(17)18)13(9-11)19-10(2)3/h1,7-10,15H,2-5H3. The second-order valence-electron chi connectivity index (χ2n) is 5.00. The summed E-state index contributed by atoms with van der Waals surface area (Å²) in [4.78, 5) is 10.5. The first kappa shape index (κ1) is 14.8. The molecule has 0 heterocycles. The first-order valence-corrected chi connectivity index (χ1v) is 5.96. The Labute approximate surface area is 113 Å². The van der Waals surface area contributed by atoms with Crippen molar-refractivity contribution in [3.05, 3.63) is 28.3 Å². The van der Waals surface area contributed by atoms with E-state index in [1.165, 1.54) is 6.07 Å². The van der Waals surface area contributed by atoms with Gasteiger partial charge in [-0.25, -0.2) is 0 Å². The number of anilines is 1. The molecule has 0 bridgehead atoms. The molecule has 1 N–H and O–H groups in total. The number of nitrogens with zero attached hydrogens (tertiary/aromatic N) is 1. The van der Waals surface area contributed by atoms with Gasteiger partial charge in [0.1, 0.15) is 0 Å². The number of benzene rings is 1. The molecule has 0 spiro atoms. The third-order valence-electron chi connectivity index (χ3n) is 2.34. The van der Waals surface area contributed by atoms with Crippen LogP contribution in [-0.4, -0.2) is 16.6 Å². The molecule has 0 radical (unpaired) electrons. The smallest absolute Gasteiger partial charge is 0.311 e. The number of hydrogen-bond donors (Lipinski definition) is 1. The fraction of sp³-hybridized carbons (Fsp3) is 0.429. The maximum atomic E-state index is 10.9. The molecule has 0 saturated heterocycles. The van der Waals surface area contributed by atoms with Crippen molar-refractivity contribution in [1.82, 2.24) is 0 Å². The zero-order valence-electron chi connectivity index (χ0n) is 11.6. The summed E-state index contributed by atoms with van der Waals surface area (Å²) in [5.74, 6) is 2.84. The molecule has 1 aromatic rings. The van der Waals surface area contributed by atoms with Gasteiger partial charge in [-0.15, -0.1) is 6.42 Å². The van der Waals surface area contributed by atoms with E-state index in [0.717, 1.165) is 0 Å². The number of rotatable bonds is 5. The van der Waals surface area contributed by atoms with Gasteiger partial charge in [0.25, 0.3) is 0 Å². The topological polar surface area (TPSA) is 64.4 Å². The summed E-state index contributed by atoms with van der Waals surface area (Å²) < 4.78 is 5.46. The summed E-state index contributed by atoms with van der Waals surface area (Å²) in [6.07, 6.45) is 5.26. The minimum absolute atomic E-state index is 0.0576. The molecular formula is C14H18N2O3. The van der Waals surface area contributed by atoms with Gasteiger partial charge in [0.2, 0.25) is 0 Å². The summed E-state index contributed by atoms with van der Waals surface area (Å²) in [5.41, 5.74) is 0.0903. The molecule has 0 aliphatic heterocycles. The lowest BCUT2D eigenvalue weighted by molar-refractivity contribution is -0.386. The molecule has 1 aromatic carbocycles. The van der Waals surface area contributed by atoms with Crippen molar-refractivity contribution in [2.75, 3.05) is 5.32 Å². The number of terminal acetylenes is 1. The Bertz CT molecular complexity index is 516. The maximum Gasteiger partial charge on any atom is 0.311 e. The van der Waals surface area contributed by atoms with Crippen LogP contribution in [0.2, 0.25) is 0 Å². The number of ether oxygens (including phenoxy) is 1. The van der Waals surface area contributed by atoms with E-state index >= 15 is 0 Å². The molecule has 102 valence electrons. The average molecular weight is 262 g/mol. The van der Waals surface area contributed by atoms with Crippen LogP contribution in [0.4, 0.5) is 11.4 Å². The van der Waals surface area contributed by atoms with Crippen molar-refractivity contribution < 1.29 is 9.66 Å². The van der Waals surface area contributed by atoms with E-state index in [4.69, 9.17) is 11.2 Å². The van der Waals surface area contributed by atoms with Crippen LogP contribution in [0, 0.1) is 22.5 Å². The summed E-state index contributed by atoms with van der Waals surface area (Å²) >= 11 is 0. The van der Waals surface area contributed by atoms with E-state index < -0.39 is 10.5 Å².